The maximum absolute atomic E-state index is 12.2. The van der Waals surface area contributed by atoms with E-state index in [0.717, 1.165) is 24.2 Å². The molecule has 1 aliphatic carbocycles. The minimum Gasteiger partial charge on any atom is -0.496 e. The molecule has 0 amide bonds. The van der Waals surface area contributed by atoms with Crippen LogP contribution in [0.15, 0.2) is 35.4 Å². The van der Waals surface area contributed by atoms with E-state index in [1.807, 2.05) is 36.0 Å². The summed E-state index contributed by atoms with van der Waals surface area (Å²) < 4.78 is 8.94. The monoisotopic (exact) mass is 258 g/mol. The Kier molecular flexibility index (Phi) is 2.93. The van der Waals surface area contributed by atoms with Gasteiger partial charge in [0.05, 0.1) is 13.7 Å². The molecule has 4 nitrogen and oxygen atoms in total. The van der Waals surface area contributed by atoms with Crippen LogP contribution < -0.4 is 10.4 Å². The lowest BCUT2D eigenvalue weighted by Gasteiger charge is -2.09. The number of hydrogen-bond acceptors (Lipinski definition) is 2. The normalized spacial score (nSPS) is 14.6. The highest BCUT2D eigenvalue weighted by Crippen LogP contribution is 2.33. The van der Waals surface area contributed by atoms with Crippen molar-refractivity contribution in [1.82, 2.24) is 9.13 Å². The average Bonchev–Trinajstić information content (AvgIpc) is 3.17. The third-order valence-electron chi connectivity index (χ3n) is 3.59. The SMILES string of the molecule is COc1ccc(C)cc1Cn1ccn(C2CC2)c1=O. The molecule has 0 saturated heterocycles. The van der Waals surface area contributed by atoms with E-state index in [1.54, 1.807) is 11.7 Å². The fourth-order valence-electron chi connectivity index (χ4n) is 2.39. The van der Waals surface area contributed by atoms with E-state index in [4.69, 9.17) is 4.74 Å². The number of aryl methyl sites for hydroxylation is 1. The average molecular weight is 258 g/mol. The summed E-state index contributed by atoms with van der Waals surface area (Å²) in [5.41, 5.74) is 2.29. The fraction of sp³-hybridized carbons (Fsp3) is 0.400. The Morgan fingerprint density at radius 1 is 1.32 bits per heavy atom. The van der Waals surface area contributed by atoms with Crippen LogP contribution in [0.4, 0.5) is 0 Å². The summed E-state index contributed by atoms with van der Waals surface area (Å²) in [6.45, 7) is 2.60. The van der Waals surface area contributed by atoms with E-state index in [2.05, 4.69) is 6.07 Å². The van der Waals surface area contributed by atoms with Crippen molar-refractivity contribution in [3.05, 3.63) is 52.2 Å². The van der Waals surface area contributed by atoms with Gasteiger partial charge < -0.3 is 4.74 Å². The standard InChI is InChI=1S/C15H18N2O2/c1-11-3-6-14(19-2)12(9-11)10-16-7-8-17(15(16)18)13-4-5-13/h3,6-9,13H,4-5,10H2,1-2H3. The quantitative estimate of drug-likeness (QED) is 0.844. The molecule has 0 spiro atoms. The zero-order chi connectivity index (χ0) is 13.4. The maximum atomic E-state index is 12.2. The van der Waals surface area contributed by atoms with Gasteiger partial charge in [0.1, 0.15) is 5.75 Å². The van der Waals surface area contributed by atoms with E-state index in [1.165, 1.54) is 5.56 Å². The molecule has 100 valence electrons. The summed E-state index contributed by atoms with van der Waals surface area (Å²) in [6, 6.07) is 6.46. The first kappa shape index (κ1) is 12.1. The molecule has 0 atom stereocenters. The summed E-state index contributed by atoms with van der Waals surface area (Å²) in [6.07, 6.45) is 6.00. The molecule has 2 aromatic rings. The summed E-state index contributed by atoms with van der Waals surface area (Å²) in [5, 5.41) is 0. The van der Waals surface area contributed by atoms with Crippen molar-refractivity contribution < 1.29 is 4.74 Å². The molecule has 0 bridgehead atoms. The van der Waals surface area contributed by atoms with E-state index in [-0.39, 0.29) is 5.69 Å². The van der Waals surface area contributed by atoms with Crippen molar-refractivity contribution in [3.63, 3.8) is 0 Å². The van der Waals surface area contributed by atoms with Gasteiger partial charge in [0.15, 0.2) is 0 Å². The van der Waals surface area contributed by atoms with Crippen LogP contribution in [-0.4, -0.2) is 16.2 Å². The lowest BCUT2D eigenvalue weighted by atomic mass is 10.1. The number of aromatic nitrogens is 2. The predicted octanol–water partition coefficient (Wildman–Crippen LogP) is 2.35. The van der Waals surface area contributed by atoms with Gasteiger partial charge in [-0.15, -0.1) is 0 Å². The topological polar surface area (TPSA) is 36.2 Å². The van der Waals surface area contributed by atoms with E-state index in [9.17, 15) is 4.79 Å². The van der Waals surface area contributed by atoms with Crippen molar-refractivity contribution >= 4 is 0 Å². The second-order valence-corrected chi connectivity index (χ2v) is 5.16. The Bertz CT molecular complexity index is 650. The van der Waals surface area contributed by atoms with Gasteiger partial charge in [-0.3, -0.25) is 9.13 Å². The minimum atomic E-state index is 0.0751. The van der Waals surface area contributed by atoms with Crippen LogP contribution in [-0.2, 0) is 6.54 Å². The largest absolute Gasteiger partial charge is 0.496 e. The van der Waals surface area contributed by atoms with Crippen LogP contribution >= 0.6 is 0 Å². The molecule has 1 aliphatic rings. The zero-order valence-corrected chi connectivity index (χ0v) is 11.3. The molecular formula is C15H18N2O2. The smallest absolute Gasteiger partial charge is 0.328 e. The van der Waals surface area contributed by atoms with Gasteiger partial charge >= 0.3 is 5.69 Å². The Hall–Kier alpha value is -1.97. The lowest BCUT2D eigenvalue weighted by Crippen LogP contribution is -2.24. The zero-order valence-electron chi connectivity index (χ0n) is 11.3. The molecule has 1 heterocycles. The number of nitrogens with zero attached hydrogens (tertiary/aromatic N) is 2. The molecule has 0 aliphatic heterocycles. The summed E-state index contributed by atoms with van der Waals surface area (Å²) in [5.74, 6) is 0.830. The number of hydrogen-bond donors (Lipinski definition) is 0. The molecule has 1 aromatic carbocycles. The van der Waals surface area contributed by atoms with E-state index >= 15 is 0 Å². The third-order valence-corrected chi connectivity index (χ3v) is 3.59. The second-order valence-electron chi connectivity index (χ2n) is 5.16. The predicted molar refractivity (Wildman–Crippen MR) is 73.8 cm³/mol. The molecule has 0 radical (unpaired) electrons. The van der Waals surface area contributed by atoms with E-state index < -0.39 is 0 Å². The van der Waals surface area contributed by atoms with E-state index in [0.29, 0.717) is 12.6 Å². The maximum Gasteiger partial charge on any atom is 0.328 e. The van der Waals surface area contributed by atoms with Gasteiger partial charge in [-0.05, 0) is 25.8 Å². The number of rotatable bonds is 4. The number of ether oxygens (including phenoxy) is 1. The van der Waals surface area contributed by atoms with Gasteiger partial charge in [0.2, 0.25) is 0 Å². The molecular weight excluding hydrogens is 240 g/mol. The van der Waals surface area contributed by atoms with Crippen molar-refractivity contribution in [1.29, 1.82) is 0 Å². The third kappa shape index (κ3) is 2.30. The van der Waals surface area contributed by atoms with Gasteiger partial charge in [-0.2, -0.15) is 0 Å². The molecule has 19 heavy (non-hydrogen) atoms. The van der Waals surface area contributed by atoms with Crippen LogP contribution in [0.2, 0.25) is 0 Å². The van der Waals surface area contributed by atoms with Crippen LogP contribution in [0.3, 0.4) is 0 Å². The van der Waals surface area contributed by atoms with Crippen LogP contribution in [0.25, 0.3) is 0 Å². The van der Waals surface area contributed by atoms with Gasteiger partial charge in [-0.1, -0.05) is 17.7 Å². The first-order valence-corrected chi connectivity index (χ1v) is 6.60. The molecule has 1 fully saturated rings. The molecule has 1 aromatic heterocycles. The fourth-order valence-corrected chi connectivity index (χ4v) is 2.39. The highest BCUT2D eigenvalue weighted by atomic mass is 16.5. The second kappa shape index (κ2) is 4.61. The first-order valence-electron chi connectivity index (χ1n) is 6.60. The Labute approximate surface area is 112 Å². The Morgan fingerprint density at radius 3 is 2.79 bits per heavy atom. The molecule has 3 rings (SSSR count). The van der Waals surface area contributed by atoms with Crippen molar-refractivity contribution in [2.75, 3.05) is 7.11 Å². The minimum absolute atomic E-state index is 0.0751. The Morgan fingerprint density at radius 2 is 2.11 bits per heavy atom. The molecule has 0 unspecified atom stereocenters. The summed E-state index contributed by atoms with van der Waals surface area (Å²) in [7, 11) is 1.66. The van der Waals surface area contributed by atoms with Gasteiger partial charge in [-0.25, -0.2) is 4.79 Å². The molecule has 1 saturated carbocycles. The summed E-state index contributed by atoms with van der Waals surface area (Å²) >= 11 is 0. The number of benzene rings is 1. The number of imidazole rings is 1. The van der Waals surface area contributed by atoms with Gasteiger partial charge in [0, 0.05) is 24.0 Å². The van der Waals surface area contributed by atoms with Gasteiger partial charge in [0.25, 0.3) is 0 Å². The number of methoxy groups -OCH3 is 1. The van der Waals surface area contributed by atoms with Crippen LogP contribution in [0.1, 0.15) is 30.0 Å². The molecule has 4 heteroatoms. The van der Waals surface area contributed by atoms with Crippen LogP contribution in [0, 0.1) is 6.92 Å². The van der Waals surface area contributed by atoms with Crippen molar-refractivity contribution in [2.24, 2.45) is 0 Å². The van der Waals surface area contributed by atoms with Crippen molar-refractivity contribution in [2.45, 2.75) is 32.4 Å². The first-order chi connectivity index (χ1) is 9.19. The van der Waals surface area contributed by atoms with Crippen LogP contribution in [0.5, 0.6) is 5.75 Å². The van der Waals surface area contributed by atoms with Crippen molar-refractivity contribution in [3.8, 4) is 5.75 Å². The Balaban J connectivity index is 1.92. The molecule has 0 N–H and O–H groups in total. The summed E-state index contributed by atoms with van der Waals surface area (Å²) in [4.78, 5) is 12.2. The lowest BCUT2D eigenvalue weighted by molar-refractivity contribution is 0.408. The highest BCUT2D eigenvalue weighted by Gasteiger charge is 2.25. The highest BCUT2D eigenvalue weighted by molar-refractivity contribution is 5.37.